The van der Waals surface area contributed by atoms with Crippen molar-refractivity contribution in [2.24, 2.45) is 0 Å². The van der Waals surface area contributed by atoms with Crippen molar-refractivity contribution < 1.29 is 14.3 Å². The highest BCUT2D eigenvalue weighted by Crippen LogP contribution is 2.16. The fourth-order valence-electron chi connectivity index (χ4n) is 2.95. The molecule has 1 aliphatic heterocycles. The van der Waals surface area contributed by atoms with Crippen LogP contribution >= 0.6 is 24.0 Å². The summed E-state index contributed by atoms with van der Waals surface area (Å²) in [6.45, 7) is 5.14. The quantitative estimate of drug-likeness (QED) is 0.327. The van der Waals surface area contributed by atoms with Crippen molar-refractivity contribution in [2.45, 2.75) is 20.4 Å². The van der Waals surface area contributed by atoms with Crippen LogP contribution in [0.5, 0.6) is 0 Å². The van der Waals surface area contributed by atoms with E-state index in [9.17, 15) is 9.59 Å². The Balaban J connectivity index is 0.00000300. The summed E-state index contributed by atoms with van der Waals surface area (Å²) < 4.78 is 5.00. The second-order valence-electron chi connectivity index (χ2n) is 6.62. The van der Waals surface area contributed by atoms with Gasteiger partial charge >= 0.3 is 5.97 Å². The second-order valence-corrected chi connectivity index (χ2v) is 6.62. The number of amides is 1. The minimum Gasteiger partial charge on any atom is -0.463 e. The van der Waals surface area contributed by atoms with E-state index in [0.717, 1.165) is 11.1 Å². The first kappa shape index (κ1) is 22.7. The molecule has 152 valence electrons. The normalized spacial score (nSPS) is 13.2. The molecular weight excluding hydrogens is 479 g/mol. The Bertz CT molecular complexity index is 892. The number of benzene rings is 2. The summed E-state index contributed by atoms with van der Waals surface area (Å²) in [5.74, 6) is -0.300. The van der Waals surface area contributed by atoms with E-state index in [0.29, 0.717) is 31.0 Å². The molecule has 0 saturated carbocycles. The van der Waals surface area contributed by atoms with Gasteiger partial charge in [-0.25, -0.2) is 4.79 Å². The lowest BCUT2D eigenvalue weighted by Gasteiger charge is -2.20. The van der Waals surface area contributed by atoms with Gasteiger partial charge in [-0.05, 0) is 43.2 Å². The highest BCUT2D eigenvalue weighted by atomic mass is 127. The summed E-state index contributed by atoms with van der Waals surface area (Å²) in [5.41, 5.74) is 3.34. The first-order chi connectivity index (χ1) is 13.6. The van der Waals surface area contributed by atoms with Crippen LogP contribution in [0, 0.1) is 0 Å². The van der Waals surface area contributed by atoms with Crippen molar-refractivity contribution in [3.8, 4) is 0 Å². The van der Waals surface area contributed by atoms with Gasteiger partial charge in [0, 0.05) is 30.1 Å². The van der Waals surface area contributed by atoms with Gasteiger partial charge < -0.3 is 9.64 Å². The minimum absolute atomic E-state index is 0. The van der Waals surface area contributed by atoms with E-state index in [1.807, 2.05) is 73.1 Å². The molecule has 1 aliphatic rings. The SMILES string of the molecule is CCOC(=O)C(C)=Cc1ccc(CN2C=CN(C(=O)c3ccccc3)C2)cc1.I. The van der Waals surface area contributed by atoms with Crippen LogP contribution in [0.1, 0.15) is 35.3 Å². The third kappa shape index (κ3) is 6.19. The van der Waals surface area contributed by atoms with E-state index in [4.69, 9.17) is 4.74 Å². The molecule has 0 spiro atoms. The maximum Gasteiger partial charge on any atom is 0.333 e. The van der Waals surface area contributed by atoms with Gasteiger partial charge in [-0.1, -0.05) is 42.5 Å². The molecule has 1 amide bonds. The van der Waals surface area contributed by atoms with Crippen LogP contribution in [0.4, 0.5) is 0 Å². The van der Waals surface area contributed by atoms with E-state index in [2.05, 4.69) is 4.90 Å². The lowest BCUT2D eigenvalue weighted by Crippen LogP contribution is -2.30. The standard InChI is InChI=1S/C23H24N2O3.HI/c1-3-28-23(27)18(2)15-19-9-11-20(12-10-19)16-24-13-14-25(17-24)22(26)21-7-5-4-6-8-21;/h4-15H,3,16-17H2,1-2H3;1H. The molecular formula is C23H25IN2O3. The predicted octanol–water partition coefficient (Wildman–Crippen LogP) is 4.66. The van der Waals surface area contributed by atoms with Gasteiger partial charge in [0.25, 0.3) is 5.91 Å². The molecule has 0 bridgehead atoms. The molecule has 0 aromatic heterocycles. The van der Waals surface area contributed by atoms with E-state index in [1.165, 1.54) is 0 Å². The van der Waals surface area contributed by atoms with Crippen molar-refractivity contribution in [1.82, 2.24) is 9.80 Å². The topological polar surface area (TPSA) is 49.9 Å². The minimum atomic E-state index is -0.294. The first-order valence-corrected chi connectivity index (χ1v) is 9.29. The molecule has 6 heteroatoms. The molecule has 0 unspecified atom stereocenters. The maximum atomic E-state index is 12.5. The average Bonchev–Trinajstić information content (AvgIpc) is 3.18. The number of carbonyl (C=O) groups excluding carboxylic acids is 2. The highest BCUT2D eigenvalue weighted by Gasteiger charge is 2.19. The third-order valence-corrected chi connectivity index (χ3v) is 4.42. The fourth-order valence-corrected chi connectivity index (χ4v) is 2.95. The fraction of sp³-hybridized carbons (Fsp3) is 0.217. The summed E-state index contributed by atoms with van der Waals surface area (Å²) in [7, 11) is 0. The van der Waals surface area contributed by atoms with Crippen molar-refractivity contribution in [1.29, 1.82) is 0 Å². The molecule has 0 aliphatic carbocycles. The zero-order chi connectivity index (χ0) is 19.9. The number of esters is 1. The molecule has 5 nitrogen and oxygen atoms in total. The Kier molecular flexibility index (Phi) is 8.45. The van der Waals surface area contributed by atoms with E-state index in [-0.39, 0.29) is 35.9 Å². The summed E-state index contributed by atoms with van der Waals surface area (Å²) in [6.07, 6.45) is 5.56. The second kappa shape index (κ2) is 10.8. The largest absolute Gasteiger partial charge is 0.463 e. The van der Waals surface area contributed by atoms with Gasteiger partial charge in [-0.15, -0.1) is 24.0 Å². The van der Waals surface area contributed by atoms with Gasteiger partial charge in [0.2, 0.25) is 0 Å². The number of hydrogen-bond donors (Lipinski definition) is 0. The van der Waals surface area contributed by atoms with Crippen molar-refractivity contribution in [3.05, 3.63) is 89.3 Å². The van der Waals surface area contributed by atoms with Crippen LogP contribution in [-0.2, 0) is 16.1 Å². The van der Waals surface area contributed by atoms with Crippen LogP contribution in [0.2, 0.25) is 0 Å². The van der Waals surface area contributed by atoms with Crippen LogP contribution in [0.15, 0.2) is 72.6 Å². The summed E-state index contributed by atoms with van der Waals surface area (Å²) in [4.78, 5) is 28.0. The van der Waals surface area contributed by atoms with Crippen molar-refractivity contribution in [2.75, 3.05) is 13.3 Å². The zero-order valence-electron chi connectivity index (χ0n) is 16.6. The number of halogens is 1. The Hall–Kier alpha value is -2.61. The molecule has 1 heterocycles. The van der Waals surface area contributed by atoms with Crippen LogP contribution in [-0.4, -0.2) is 35.0 Å². The zero-order valence-corrected chi connectivity index (χ0v) is 18.9. The Morgan fingerprint density at radius 2 is 1.72 bits per heavy atom. The van der Waals surface area contributed by atoms with Gasteiger partial charge in [0.05, 0.1) is 13.3 Å². The summed E-state index contributed by atoms with van der Waals surface area (Å²) in [5, 5.41) is 0. The summed E-state index contributed by atoms with van der Waals surface area (Å²) >= 11 is 0. The summed E-state index contributed by atoms with van der Waals surface area (Å²) in [6, 6.07) is 17.3. The van der Waals surface area contributed by atoms with Crippen molar-refractivity contribution in [3.63, 3.8) is 0 Å². The maximum absolute atomic E-state index is 12.5. The van der Waals surface area contributed by atoms with Gasteiger partial charge in [0.15, 0.2) is 0 Å². The van der Waals surface area contributed by atoms with E-state index < -0.39 is 0 Å². The van der Waals surface area contributed by atoms with Crippen LogP contribution in [0.3, 0.4) is 0 Å². The Morgan fingerprint density at radius 3 is 2.38 bits per heavy atom. The molecule has 0 fully saturated rings. The van der Waals surface area contributed by atoms with E-state index >= 15 is 0 Å². The molecule has 2 aromatic rings. The molecule has 0 atom stereocenters. The molecule has 3 rings (SSSR count). The Labute approximate surface area is 188 Å². The molecule has 2 aromatic carbocycles. The van der Waals surface area contributed by atoms with Crippen molar-refractivity contribution >= 4 is 41.9 Å². The van der Waals surface area contributed by atoms with E-state index in [1.54, 1.807) is 18.7 Å². The number of ether oxygens (including phenoxy) is 1. The lowest BCUT2D eigenvalue weighted by atomic mass is 10.1. The number of hydrogen-bond acceptors (Lipinski definition) is 4. The highest BCUT2D eigenvalue weighted by molar-refractivity contribution is 14.0. The molecule has 0 radical (unpaired) electrons. The first-order valence-electron chi connectivity index (χ1n) is 9.29. The monoisotopic (exact) mass is 504 g/mol. The molecule has 29 heavy (non-hydrogen) atoms. The van der Waals surface area contributed by atoms with Gasteiger partial charge in [0.1, 0.15) is 0 Å². The smallest absolute Gasteiger partial charge is 0.333 e. The van der Waals surface area contributed by atoms with Gasteiger partial charge in [-0.3, -0.25) is 9.69 Å². The predicted molar refractivity (Wildman–Crippen MR) is 124 cm³/mol. The lowest BCUT2D eigenvalue weighted by molar-refractivity contribution is -0.138. The molecule has 0 N–H and O–H groups in total. The number of nitrogens with zero attached hydrogens (tertiary/aromatic N) is 2. The van der Waals surface area contributed by atoms with Gasteiger partial charge in [-0.2, -0.15) is 0 Å². The Morgan fingerprint density at radius 1 is 1.03 bits per heavy atom. The average molecular weight is 504 g/mol. The third-order valence-electron chi connectivity index (χ3n) is 4.42. The van der Waals surface area contributed by atoms with Crippen LogP contribution in [0.25, 0.3) is 6.08 Å². The number of rotatable bonds is 6. The molecule has 0 saturated heterocycles. The van der Waals surface area contributed by atoms with Crippen LogP contribution < -0.4 is 0 Å². The number of carbonyl (C=O) groups is 2.